The monoisotopic (exact) mass is 390 g/mol. The van der Waals surface area contributed by atoms with Gasteiger partial charge in [-0.3, -0.25) is 9.80 Å². The lowest BCUT2D eigenvalue weighted by Gasteiger charge is -2.38. The van der Waals surface area contributed by atoms with E-state index in [1.807, 2.05) is 0 Å². The van der Waals surface area contributed by atoms with Gasteiger partial charge in [0.2, 0.25) is 0 Å². The van der Waals surface area contributed by atoms with E-state index < -0.39 is 0 Å². The largest absolute Gasteiger partial charge is 0.353 e. The van der Waals surface area contributed by atoms with Gasteiger partial charge in [0.05, 0.1) is 10.0 Å². The maximum absolute atomic E-state index is 6.31. The summed E-state index contributed by atoms with van der Waals surface area (Å²) in [6.45, 7) is 7.45. The second-order valence-corrected chi connectivity index (χ2v) is 7.99. The average molecular weight is 391 g/mol. The molecule has 138 valence electrons. The number of likely N-dealkylation sites (tertiary alicyclic amines) is 1. The number of rotatable bonds is 4. The molecule has 2 aliphatic rings. The maximum atomic E-state index is 6.31. The van der Waals surface area contributed by atoms with Crippen molar-refractivity contribution in [2.24, 2.45) is 0 Å². The Morgan fingerprint density at radius 1 is 1.00 bits per heavy atom. The van der Waals surface area contributed by atoms with Crippen LogP contribution in [0, 0.1) is 0 Å². The van der Waals surface area contributed by atoms with Crippen LogP contribution in [0.1, 0.15) is 12.0 Å². The van der Waals surface area contributed by atoms with Gasteiger partial charge in [-0.25, -0.2) is 4.98 Å². The van der Waals surface area contributed by atoms with E-state index in [1.54, 1.807) is 12.3 Å². The Kier molecular flexibility index (Phi) is 5.65. The third-order valence-corrected chi connectivity index (χ3v) is 5.90. The molecule has 2 aromatic rings. The Morgan fingerprint density at radius 2 is 1.77 bits per heavy atom. The maximum Gasteiger partial charge on any atom is 0.147 e. The van der Waals surface area contributed by atoms with Gasteiger partial charge in [-0.2, -0.15) is 0 Å². The Balaban J connectivity index is 1.30. The predicted octanol–water partition coefficient (Wildman–Crippen LogP) is 3.78. The fraction of sp³-hybridized carbons (Fsp3) is 0.450. The molecule has 1 aromatic carbocycles. The van der Waals surface area contributed by atoms with Gasteiger partial charge in [-0.15, -0.1) is 0 Å². The van der Waals surface area contributed by atoms with E-state index in [2.05, 4.69) is 50.0 Å². The van der Waals surface area contributed by atoms with Gasteiger partial charge in [-0.05, 0) is 18.1 Å². The summed E-state index contributed by atoms with van der Waals surface area (Å²) in [6, 6.07) is 13.2. The van der Waals surface area contributed by atoms with Crippen LogP contribution in [0.3, 0.4) is 0 Å². The highest BCUT2D eigenvalue weighted by molar-refractivity contribution is 6.36. The molecule has 0 aliphatic carbocycles. The van der Waals surface area contributed by atoms with Crippen LogP contribution in [0.5, 0.6) is 0 Å². The first-order valence-electron chi connectivity index (χ1n) is 9.25. The summed E-state index contributed by atoms with van der Waals surface area (Å²) in [5.41, 5.74) is 1.40. The molecule has 0 N–H and O–H groups in total. The molecule has 6 heteroatoms. The molecule has 0 bridgehead atoms. The summed E-state index contributed by atoms with van der Waals surface area (Å²) in [4.78, 5) is 11.9. The fourth-order valence-electron chi connectivity index (χ4n) is 4.03. The second-order valence-electron chi connectivity index (χ2n) is 7.15. The van der Waals surface area contributed by atoms with Gasteiger partial charge < -0.3 is 4.90 Å². The first-order valence-corrected chi connectivity index (χ1v) is 10.0. The molecule has 2 aliphatic heterocycles. The minimum absolute atomic E-state index is 0.585. The number of nitrogens with zero attached hydrogens (tertiary/aromatic N) is 4. The van der Waals surface area contributed by atoms with Gasteiger partial charge in [0.1, 0.15) is 5.82 Å². The molecule has 0 amide bonds. The molecule has 0 unspecified atom stereocenters. The first kappa shape index (κ1) is 18.1. The number of piperazine rings is 1. The SMILES string of the molecule is Clc1cnc(N2CCN([C@@H]3CCN(Cc4ccccc4)C3)CC2)c(Cl)c1. The van der Waals surface area contributed by atoms with Crippen molar-refractivity contribution in [3.8, 4) is 0 Å². The third-order valence-electron chi connectivity index (χ3n) is 5.42. The molecule has 2 saturated heterocycles. The van der Waals surface area contributed by atoms with Gasteiger partial charge in [0.25, 0.3) is 0 Å². The van der Waals surface area contributed by atoms with Crippen LogP contribution >= 0.6 is 23.2 Å². The number of hydrogen-bond acceptors (Lipinski definition) is 4. The van der Waals surface area contributed by atoms with Crippen molar-refractivity contribution < 1.29 is 0 Å². The molecule has 2 fully saturated rings. The van der Waals surface area contributed by atoms with Crippen molar-refractivity contribution in [3.63, 3.8) is 0 Å². The lowest BCUT2D eigenvalue weighted by atomic mass is 10.2. The quantitative estimate of drug-likeness (QED) is 0.791. The van der Waals surface area contributed by atoms with E-state index in [1.165, 1.54) is 18.5 Å². The smallest absolute Gasteiger partial charge is 0.147 e. The number of aromatic nitrogens is 1. The first-order chi connectivity index (χ1) is 12.7. The van der Waals surface area contributed by atoms with Gasteiger partial charge in [0.15, 0.2) is 0 Å². The number of pyridine rings is 1. The highest BCUT2D eigenvalue weighted by atomic mass is 35.5. The molecule has 0 saturated carbocycles. The molecule has 26 heavy (non-hydrogen) atoms. The van der Waals surface area contributed by atoms with Crippen LogP contribution in [0.4, 0.5) is 5.82 Å². The van der Waals surface area contributed by atoms with Crippen LogP contribution in [-0.4, -0.2) is 60.1 Å². The molecule has 1 atom stereocenters. The summed E-state index contributed by atoms with van der Waals surface area (Å²) >= 11 is 12.3. The molecular formula is C20H24Cl2N4. The van der Waals surface area contributed by atoms with Gasteiger partial charge >= 0.3 is 0 Å². The van der Waals surface area contributed by atoms with E-state index in [0.717, 1.165) is 45.1 Å². The summed E-state index contributed by atoms with van der Waals surface area (Å²) in [6.07, 6.45) is 2.93. The number of halogens is 2. The van der Waals surface area contributed by atoms with E-state index in [-0.39, 0.29) is 0 Å². The number of benzene rings is 1. The van der Waals surface area contributed by atoms with Crippen LogP contribution in [-0.2, 0) is 6.54 Å². The Morgan fingerprint density at radius 3 is 2.50 bits per heavy atom. The number of hydrogen-bond donors (Lipinski definition) is 0. The summed E-state index contributed by atoms with van der Waals surface area (Å²) in [7, 11) is 0. The fourth-order valence-corrected chi connectivity index (χ4v) is 4.53. The standard InChI is InChI=1S/C20H24Cl2N4/c21-17-12-19(22)20(23-13-17)26-10-8-25(9-11-26)18-6-7-24(15-18)14-16-4-2-1-3-5-16/h1-5,12-13,18H,6-11,14-15H2/t18-/m1/s1. The minimum atomic E-state index is 0.585. The van der Waals surface area contributed by atoms with E-state index >= 15 is 0 Å². The predicted molar refractivity (Wildman–Crippen MR) is 108 cm³/mol. The Labute approximate surface area is 165 Å². The summed E-state index contributed by atoms with van der Waals surface area (Å²) in [5.74, 6) is 0.854. The van der Waals surface area contributed by atoms with Crippen molar-refractivity contribution in [1.82, 2.24) is 14.8 Å². The van der Waals surface area contributed by atoms with Crippen molar-refractivity contribution in [3.05, 3.63) is 58.2 Å². The summed E-state index contributed by atoms with van der Waals surface area (Å²) in [5, 5.41) is 1.22. The van der Waals surface area contributed by atoms with Crippen molar-refractivity contribution in [2.75, 3.05) is 44.2 Å². The van der Waals surface area contributed by atoms with Crippen LogP contribution < -0.4 is 4.90 Å². The lowest BCUT2D eigenvalue weighted by molar-refractivity contribution is 0.181. The van der Waals surface area contributed by atoms with Crippen molar-refractivity contribution in [1.29, 1.82) is 0 Å². The Bertz CT molecular complexity index is 732. The Hall–Kier alpha value is -1.33. The summed E-state index contributed by atoms with van der Waals surface area (Å²) < 4.78 is 0. The topological polar surface area (TPSA) is 22.6 Å². The lowest BCUT2D eigenvalue weighted by Crippen LogP contribution is -2.51. The number of anilines is 1. The normalized spacial score (nSPS) is 22.1. The molecule has 3 heterocycles. The van der Waals surface area contributed by atoms with Crippen LogP contribution in [0.2, 0.25) is 10.0 Å². The molecule has 0 spiro atoms. The zero-order chi connectivity index (χ0) is 17.9. The average Bonchev–Trinajstić information content (AvgIpc) is 3.11. The zero-order valence-electron chi connectivity index (χ0n) is 14.8. The highest BCUT2D eigenvalue weighted by Gasteiger charge is 2.30. The van der Waals surface area contributed by atoms with Crippen molar-refractivity contribution in [2.45, 2.75) is 19.0 Å². The van der Waals surface area contributed by atoms with Crippen molar-refractivity contribution >= 4 is 29.0 Å². The molecule has 4 rings (SSSR count). The molecule has 0 radical (unpaired) electrons. The molecule has 4 nitrogen and oxygen atoms in total. The van der Waals surface area contributed by atoms with Gasteiger partial charge in [0, 0.05) is 58.1 Å². The molecule has 1 aromatic heterocycles. The third kappa shape index (κ3) is 4.15. The van der Waals surface area contributed by atoms with E-state index in [4.69, 9.17) is 23.2 Å². The minimum Gasteiger partial charge on any atom is -0.353 e. The van der Waals surface area contributed by atoms with Crippen LogP contribution in [0.25, 0.3) is 0 Å². The van der Waals surface area contributed by atoms with Crippen LogP contribution in [0.15, 0.2) is 42.6 Å². The van der Waals surface area contributed by atoms with E-state index in [9.17, 15) is 0 Å². The van der Waals surface area contributed by atoms with Gasteiger partial charge in [-0.1, -0.05) is 53.5 Å². The zero-order valence-corrected chi connectivity index (χ0v) is 16.3. The highest BCUT2D eigenvalue weighted by Crippen LogP contribution is 2.27. The van der Waals surface area contributed by atoms with E-state index in [0.29, 0.717) is 16.1 Å². The molecular weight excluding hydrogens is 367 g/mol. The second kappa shape index (κ2) is 8.13.